The largest absolute Gasteiger partial charge is 0.480 e. The standard InChI is InChI=1S/C14H11Br2N5O2/c1-23-12-8(9(6-2-3-6)18-5-19-12)11-17-4-7-10(20-11)21-13(22)14(7,15)16/h4-6H,2-3H2,1H3,(H,17,20,21,22). The van der Waals surface area contributed by atoms with Crippen LogP contribution in [0.4, 0.5) is 5.82 Å². The van der Waals surface area contributed by atoms with Crippen molar-refractivity contribution < 1.29 is 9.53 Å². The summed E-state index contributed by atoms with van der Waals surface area (Å²) in [5.74, 6) is 1.50. The molecule has 3 heterocycles. The minimum Gasteiger partial charge on any atom is -0.480 e. The summed E-state index contributed by atoms with van der Waals surface area (Å²) in [4.78, 5) is 29.4. The Hall–Kier alpha value is -1.61. The molecular weight excluding hydrogens is 430 g/mol. The maximum atomic E-state index is 12.0. The normalized spacial score (nSPS) is 18.5. The zero-order chi connectivity index (χ0) is 16.2. The fraction of sp³-hybridized carbons (Fsp3) is 0.357. The Morgan fingerprint density at radius 2 is 2.09 bits per heavy atom. The summed E-state index contributed by atoms with van der Waals surface area (Å²) in [6.07, 6.45) is 5.27. The van der Waals surface area contributed by atoms with E-state index >= 15 is 0 Å². The Morgan fingerprint density at radius 1 is 1.30 bits per heavy atom. The van der Waals surface area contributed by atoms with Gasteiger partial charge in [0.1, 0.15) is 17.7 Å². The topological polar surface area (TPSA) is 89.9 Å². The fourth-order valence-corrected chi connectivity index (χ4v) is 3.33. The summed E-state index contributed by atoms with van der Waals surface area (Å²) in [6, 6.07) is 0. The molecule has 0 radical (unpaired) electrons. The number of carbonyl (C=O) groups is 1. The molecule has 0 saturated heterocycles. The molecule has 2 aliphatic rings. The molecule has 1 aliphatic heterocycles. The Morgan fingerprint density at radius 3 is 2.78 bits per heavy atom. The van der Waals surface area contributed by atoms with Gasteiger partial charge in [0.05, 0.1) is 18.4 Å². The van der Waals surface area contributed by atoms with E-state index in [0.29, 0.717) is 34.6 Å². The van der Waals surface area contributed by atoms with E-state index in [1.165, 1.54) is 6.33 Å². The molecule has 23 heavy (non-hydrogen) atoms. The van der Waals surface area contributed by atoms with Gasteiger partial charge < -0.3 is 10.1 Å². The minimum atomic E-state index is -0.996. The van der Waals surface area contributed by atoms with Gasteiger partial charge in [-0.05, 0) is 12.8 Å². The van der Waals surface area contributed by atoms with E-state index in [0.717, 1.165) is 18.5 Å². The average Bonchev–Trinajstić information content (AvgIpc) is 3.35. The SMILES string of the molecule is COc1ncnc(C2CC2)c1-c1ncc2c(n1)NC(=O)C2(Br)Br. The van der Waals surface area contributed by atoms with Crippen molar-refractivity contribution in [3.63, 3.8) is 0 Å². The number of anilines is 1. The molecule has 0 aromatic carbocycles. The quantitative estimate of drug-likeness (QED) is 0.738. The minimum absolute atomic E-state index is 0.238. The summed E-state index contributed by atoms with van der Waals surface area (Å²) in [5.41, 5.74) is 2.22. The van der Waals surface area contributed by atoms with Crippen LogP contribution in [0.15, 0.2) is 12.5 Å². The third kappa shape index (κ3) is 2.33. The van der Waals surface area contributed by atoms with Gasteiger partial charge in [-0.15, -0.1) is 0 Å². The zero-order valence-electron chi connectivity index (χ0n) is 12.0. The van der Waals surface area contributed by atoms with E-state index in [-0.39, 0.29) is 5.91 Å². The first-order valence-corrected chi connectivity index (χ1v) is 8.57. The lowest BCUT2D eigenvalue weighted by Gasteiger charge is -2.12. The number of fused-ring (bicyclic) bond motifs is 1. The molecule has 7 nitrogen and oxygen atoms in total. The predicted molar refractivity (Wildman–Crippen MR) is 89.7 cm³/mol. The van der Waals surface area contributed by atoms with E-state index in [1.54, 1.807) is 13.3 Å². The highest BCUT2D eigenvalue weighted by Gasteiger charge is 2.44. The second-order valence-electron chi connectivity index (χ2n) is 5.40. The number of alkyl halides is 2. The van der Waals surface area contributed by atoms with Gasteiger partial charge in [0, 0.05) is 12.1 Å². The Kier molecular flexibility index (Phi) is 3.38. The number of carbonyl (C=O) groups excluding carboxylic acids is 1. The summed E-state index contributed by atoms with van der Waals surface area (Å²) in [5, 5.41) is 2.73. The summed E-state index contributed by atoms with van der Waals surface area (Å²) in [7, 11) is 1.56. The van der Waals surface area contributed by atoms with Crippen molar-refractivity contribution in [2.24, 2.45) is 0 Å². The van der Waals surface area contributed by atoms with Crippen LogP contribution in [-0.2, 0) is 8.03 Å². The van der Waals surface area contributed by atoms with Crippen molar-refractivity contribution in [1.29, 1.82) is 0 Å². The second kappa shape index (κ2) is 5.20. The number of aromatic nitrogens is 4. The maximum Gasteiger partial charge on any atom is 0.258 e. The number of hydrogen-bond acceptors (Lipinski definition) is 6. The first kappa shape index (κ1) is 14.9. The molecule has 118 valence electrons. The van der Waals surface area contributed by atoms with E-state index in [4.69, 9.17) is 4.74 Å². The zero-order valence-corrected chi connectivity index (χ0v) is 15.2. The second-order valence-corrected chi connectivity index (χ2v) is 8.85. The van der Waals surface area contributed by atoms with Crippen LogP contribution in [0.1, 0.15) is 30.0 Å². The van der Waals surface area contributed by atoms with Gasteiger partial charge in [-0.25, -0.2) is 19.9 Å². The summed E-state index contributed by atoms with van der Waals surface area (Å²) in [6.45, 7) is 0. The highest BCUT2D eigenvalue weighted by atomic mass is 79.9. The third-order valence-electron chi connectivity index (χ3n) is 3.87. The molecule has 2 aromatic rings. The molecule has 1 N–H and O–H groups in total. The van der Waals surface area contributed by atoms with Crippen molar-refractivity contribution in [2.45, 2.75) is 22.0 Å². The first-order chi connectivity index (χ1) is 11.0. The van der Waals surface area contributed by atoms with Crippen LogP contribution in [0.3, 0.4) is 0 Å². The molecule has 1 amide bonds. The van der Waals surface area contributed by atoms with Gasteiger partial charge in [0.15, 0.2) is 9.06 Å². The number of ether oxygens (including phenoxy) is 1. The predicted octanol–water partition coefficient (Wildman–Crippen LogP) is 2.71. The number of amides is 1. The number of nitrogens with one attached hydrogen (secondary N) is 1. The Balaban J connectivity index is 1.87. The third-order valence-corrected chi connectivity index (χ3v) is 5.44. The summed E-state index contributed by atoms with van der Waals surface area (Å²) >= 11 is 6.68. The van der Waals surface area contributed by atoms with Crippen molar-refractivity contribution in [3.05, 3.63) is 23.8 Å². The van der Waals surface area contributed by atoms with Gasteiger partial charge in [-0.1, -0.05) is 31.9 Å². The molecule has 1 saturated carbocycles. The fourth-order valence-electron chi connectivity index (χ4n) is 2.55. The molecule has 0 atom stereocenters. The number of hydrogen-bond donors (Lipinski definition) is 1. The van der Waals surface area contributed by atoms with Crippen LogP contribution < -0.4 is 10.1 Å². The number of nitrogens with zero attached hydrogens (tertiary/aromatic N) is 4. The summed E-state index contributed by atoms with van der Waals surface area (Å²) < 4.78 is 4.37. The Bertz CT molecular complexity index is 823. The van der Waals surface area contributed by atoms with Gasteiger partial charge in [0.25, 0.3) is 5.91 Å². The van der Waals surface area contributed by atoms with Gasteiger partial charge in [-0.3, -0.25) is 4.79 Å². The Labute approximate surface area is 148 Å². The first-order valence-electron chi connectivity index (χ1n) is 6.98. The average molecular weight is 441 g/mol. The highest BCUT2D eigenvalue weighted by molar-refractivity contribution is 9.25. The van der Waals surface area contributed by atoms with Crippen LogP contribution in [0.25, 0.3) is 11.4 Å². The molecule has 1 aliphatic carbocycles. The van der Waals surface area contributed by atoms with E-state index < -0.39 is 3.23 Å². The van der Waals surface area contributed by atoms with Crippen LogP contribution in [0.5, 0.6) is 5.88 Å². The maximum absolute atomic E-state index is 12.0. The van der Waals surface area contributed by atoms with Crippen LogP contribution in [0.2, 0.25) is 0 Å². The number of halogens is 2. The van der Waals surface area contributed by atoms with Crippen molar-refractivity contribution in [2.75, 3.05) is 12.4 Å². The van der Waals surface area contributed by atoms with Gasteiger partial charge >= 0.3 is 0 Å². The molecule has 1 fully saturated rings. The van der Waals surface area contributed by atoms with Crippen LogP contribution >= 0.6 is 31.9 Å². The lowest BCUT2D eigenvalue weighted by atomic mass is 10.1. The number of methoxy groups -OCH3 is 1. The smallest absolute Gasteiger partial charge is 0.258 e. The monoisotopic (exact) mass is 439 g/mol. The van der Waals surface area contributed by atoms with Crippen LogP contribution in [0, 0.1) is 0 Å². The van der Waals surface area contributed by atoms with E-state index in [1.807, 2.05) is 0 Å². The molecule has 4 rings (SSSR count). The highest BCUT2D eigenvalue weighted by Crippen LogP contribution is 2.48. The molecular formula is C14H11Br2N5O2. The molecule has 0 spiro atoms. The van der Waals surface area contributed by atoms with Gasteiger partial charge in [0.2, 0.25) is 5.88 Å². The lowest BCUT2D eigenvalue weighted by molar-refractivity contribution is -0.115. The van der Waals surface area contributed by atoms with Crippen molar-refractivity contribution in [1.82, 2.24) is 19.9 Å². The molecule has 2 aromatic heterocycles. The molecule has 9 heteroatoms. The van der Waals surface area contributed by atoms with E-state index in [2.05, 4.69) is 57.1 Å². The van der Waals surface area contributed by atoms with Crippen LogP contribution in [-0.4, -0.2) is 33.0 Å². The molecule has 0 bridgehead atoms. The molecule has 0 unspecified atom stereocenters. The van der Waals surface area contributed by atoms with E-state index in [9.17, 15) is 4.79 Å². The van der Waals surface area contributed by atoms with Crippen molar-refractivity contribution in [3.8, 4) is 17.3 Å². The number of rotatable bonds is 3. The van der Waals surface area contributed by atoms with Crippen molar-refractivity contribution >= 4 is 43.6 Å². The lowest BCUT2D eigenvalue weighted by Crippen LogP contribution is -2.20. The van der Waals surface area contributed by atoms with Gasteiger partial charge in [-0.2, -0.15) is 0 Å².